The van der Waals surface area contributed by atoms with Crippen LogP contribution in [-0.2, 0) is 0 Å². The number of pyridine rings is 1. The van der Waals surface area contributed by atoms with Crippen LogP contribution >= 0.6 is 0 Å². The van der Waals surface area contributed by atoms with Crippen molar-refractivity contribution in [1.82, 2.24) is 19.9 Å². The fourth-order valence-electron chi connectivity index (χ4n) is 4.25. The molecule has 5 nitrogen and oxygen atoms in total. The van der Waals surface area contributed by atoms with Gasteiger partial charge < -0.3 is 4.74 Å². The largest absolute Gasteiger partial charge is 0.476 e. The Kier molecular flexibility index (Phi) is 5.77. The van der Waals surface area contributed by atoms with E-state index in [1.807, 2.05) is 30.3 Å². The topological polar surface area (TPSA) is 51.1 Å². The van der Waals surface area contributed by atoms with Gasteiger partial charge in [0.1, 0.15) is 18.8 Å². The zero-order valence-electron chi connectivity index (χ0n) is 18.1. The van der Waals surface area contributed by atoms with Crippen molar-refractivity contribution in [1.29, 1.82) is 0 Å². The lowest BCUT2D eigenvalue weighted by Crippen LogP contribution is -2.25. The van der Waals surface area contributed by atoms with Crippen LogP contribution in [0.3, 0.4) is 0 Å². The van der Waals surface area contributed by atoms with Crippen LogP contribution in [0, 0.1) is 12.7 Å². The van der Waals surface area contributed by atoms with Gasteiger partial charge in [0.15, 0.2) is 0 Å². The van der Waals surface area contributed by atoms with Crippen LogP contribution in [0.2, 0.25) is 0 Å². The average Bonchev–Trinajstić information content (AvgIpc) is 3.34. The molecule has 0 unspecified atom stereocenters. The highest BCUT2D eigenvalue weighted by Gasteiger charge is 2.14. The monoisotopic (exact) mass is 428 g/mol. The third-order valence-corrected chi connectivity index (χ3v) is 5.99. The normalized spacial score (nSPS) is 14.2. The van der Waals surface area contributed by atoms with Gasteiger partial charge in [-0.3, -0.25) is 9.88 Å². The summed E-state index contributed by atoms with van der Waals surface area (Å²) < 4.78 is 19.9. The van der Waals surface area contributed by atoms with Crippen LogP contribution in [0.4, 0.5) is 4.39 Å². The van der Waals surface area contributed by atoms with Crippen molar-refractivity contribution in [3.05, 3.63) is 72.4 Å². The summed E-state index contributed by atoms with van der Waals surface area (Å²) in [6.07, 6.45) is 5.83. The summed E-state index contributed by atoms with van der Waals surface area (Å²) in [5.74, 6) is 0.379. The third-order valence-electron chi connectivity index (χ3n) is 5.99. The molecule has 3 heterocycles. The Morgan fingerprint density at radius 1 is 0.969 bits per heavy atom. The molecule has 2 aromatic carbocycles. The van der Waals surface area contributed by atoms with E-state index < -0.39 is 0 Å². The molecule has 1 saturated heterocycles. The number of hydrogen-bond acceptors (Lipinski definition) is 5. The molecule has 0 amide bonds. The number of rotatable bonds is 6. The molecule has 0 N–H and O–H groups in total. The van der Waals surface area contributed by atoms with Gasteiger partial charge in [-0.2, -0.15) is 0 Å². The standard InChI is InChI=1S/C26H25FN4O/c1-18-15-20(6-8-23(18)27)25-21(5-4-10-28-25)19-7-9-24-22(16-19)26(30-17-29-24)32-14-13-31-11-2-3-12-31/h4-10,15-17H,2-3,11-14H2,1H3. The summed E-state index contributed by atoms with van der Waals surface area (Å²) >= 11 is 0. The van der Waals surface area contributed by atoms with Crippen LogP contribution in [-0.4, -0.2) is 46.1 Å². The minimum absolute atomic E-state index is 0.218. The lowest BCUT2D eigenvalue weighted by molar-refractivity contribution is 0.234. The van der Waals surface area contributed by atoms with E-state index in [-0.39, 0.29) is 5.82 Å². The number of halogens is 1. The second-order valence-electron chi connectivity index (χ2n) is 8.17. The van der Waals surface area contributed by atoms with E-state index in [0.717, 1.165) is 52.9 Å². The maximum atomic E-state index is 13.8. The van der Waals surface area contributed by atoms with E-state index in [2.05, 4.69) is 25.9 Å². The summed E-state index contributed by atoms with van der Waals surface area (Å²) in [6.45, 7) is 5.56. The first-order valence-corrected chi connectivity index (χ1v) is 11.0. The fraction of sp³-hybridized carbons (Fsp3) is 0.269. The van der Waals surface area contributed by atoms with Crippen molar-refractivity contribution < 1.29 is 9.13 Å². The average molecular weight is 429 g/mol. The van der Waals surface area contributed by atoms with E-state index in [4.69, 9.17) is 4.74 Å². The van der Waals surface area contributed by atoms with Gasteiger partial charge in [-0.1, -0.05) is 12.1 Å². The molecule has 162 valence electrons. The summed E-state index contributed by atoms with van der Waals surface area (Å²) in [7, 11) is 0. The Morgan fingerprint density at radius 2 is 1.81 bits per heavy atom. The van der Waals surface area contributed by atoms with Gasteiger partial charge in [0, 0.05) is 23.9 Å². The molecule has 0 saturated carbocycles. The number of aromatic nitrogens is 3. The van der Waals surface area contributed by atoms with Crippen molar-refractivity contribution in [3.8, 4) is 28.3 Å². The van der Waals surface area contributed by atoms with Crippen molar-refractivity contribution in [2.75, 3.05) is 26.2 Å². The van der Waals surface area contributed by atoms with Gasteiger partial charge >= 0.3 is 0 Å². The summed E-state index contributed by atoms with van der Waals surface area (Å²) in [6, 6.07) is 15.1. The SMILES string of the molecule is Cc1cc(-c2ncccc2-c2ccc3ncnc(OCCN4CCCC4)c3c2)ccc1F. The van der Waals surface area contributed by atoms with Crippen molar-refractivity contribution in [2.45, 2.75) is 19.8 Å². The first kappa shape index (κ1) is 20.5. The van der Waals surface area contributed by atoms with E-state index >= 15 is 0 Å². The van der Waals surface area contributed by atoms with Crippen LogP contribution in [0.1, 0.15) is 18.4 Å². The lowest BCUT2D eigenvalue weighted by atomic mass is 9.97. The van der Waals surface area contributed by atoms with Gasteiger partial charge in [0.25, 0.3) is 0 Å². The Hall–Kier alpha value is -3.38. The van der Waals surface area contributed by atoms with Crippen LogP contribution in [0.15, 0.2) is 61.1 Å². The second-order valence-corrected chi connectivity index (χ2v) is 8.17. The molecule has 0 bridgehead atoms. The fourth-order valence-corrected chi connectivity index (χ4v) is 4.25. The Morgan fingerprint density at radius 3 is 2.66 bits per heavy atom. The molecule has 0 radical (unpaired) electrons. The van der Waals surface area contributed by atoms with E-state index in [9.17, 15) is 4.39 Å². The Labute approximate surface area is 186 Å². The van der Waals surface area contributed by atoms with Gasteiger partial charge in [-0.05, 0) is 80.4 Å². The maximum Gasteiger partial charge on any atom is 0.224 e. The van der Waals surface area contributed by atoms with Gasteiger partial charge in [-0.25, -0.2) is 14.4 Å². The number of benzene rings is 2. The smallest absolute Gasteiger partial charge is 0.224 e. The summed E-state index contributed by atoms with van der Waals surface area (Å²) in [5, 5.41) is 0.872. The molecule has 4 aromatic rings. The number of nitrogens with zero attached hydrogens (tertiary/aromatic N) is 4. The highest BCUT2D eigenvalue weighted by molar-refractivity contribution is 5.91. The van der Waals surface area contributed by atoms with Gasteiger partial charge in [0.05, 0.1) is 16.6 Å². The molecular formula is C26H25FN4O. The zero-order chi connectivity index (χ0) is 21.9. The number of ether oxygens (including phenoxy) is 1. The first-order chi connectivity index (χ1) is 15.7. The number of fused-ring (bicyclic) bond motifs is 1. The van der Waals surface area contributed by atoms with Crippen molar-refractivity contribution in [2.24, 2.45) is 0 Å². The molecule has 1 aliphatic heterocycles. The Balaban J connectivity index is 1.49. The summed E-state index contributed by atoms with van der Waals surface area (Å²) in [4.78, 5) is 15.8. The molecule has 0 spiro atoms. The van der Waals surface area contributed by atoms with Gasteiger partial charge in [-0.15, -0.1) is 0 Å². The molecule has 0 aliphatic carbocycles. The predicted octanol–water partition coefficient (Wildman–Crippen LogP) is 5.28. The van der Waals surface area contributed by atoms with Crippen LogP contribution in [0.5, 0.6) is 5.88 Å². The zero-order valence-corrected chi connectivity index (χ0v) is 18.1. The quantitative estimate of drug-likeness (QED) is 0.418. The molecule has 2 aromatic heterocycles. The number of hydrogen-bond donors (Lipinski definition) is 0. The van der Waals surface area contributed by atoms with Crippen LogP contribution in [0.25, 0.3) is 33.3 Å². The molecule has 0 atom stereocenters. The van der Waals surface area contributed by atoms with Crippen LogP contribution < -0.4 is 4.74 Å². The minimum atomic E-state index is -0.218. The second kappa shape index (κ2) is 9.01. The molecule has 6 heteroatoms. The number of likely N-dealkylation sites (tertiary alicyclic amines) is 1. The molecule has 5 rings (SSSR count). The first-order valence-electron chi connectivity index (χ1n) is 11.0. The number of aryl methyl sites for hydroxylation is 1. The molecular weight excluding hydrogens is 403 g/mol. The maximum absolute atomic E-state index is 13.8. The van der Waals surface area contributed by atoms with Crippen molar-refractivity contribution in [3.63, 3.8) is 0 Å². The summed E-state index contributed by atoms with van der Waals surface area (Å²) in [5.41, 5.74) is 5.08. The molecule has 32 heavy (non-hydrogen) atoms. The highest BCUT2D eigenvalue weighted by atomic mass is 19.1. The highest BCUT2D eigenvalue weighted by Crippen LogP contribution is 2.34. The Bertz CT molecular complexity index is 1250. The van der Waals surface area contributed by atoms with E-state index in [0.29, 0.717) is 18.1 Å². The van der Waals surface area contributed by atoms with Gasteiger partial charge in [0.2, 0.25) is 5.88 Å². The third kappa shape index (κ3) is 4.18. The molecule has 1 fully saturated rings. The van der Waals surface area contributed by atoms with E-state index in [1.54, 1.807) is 25.5 Å². The molecule has 1 aliphatic rings. The van der Waals surface area contributed by atoms with Crippen molar-refractivity contribution >= 4 is 10.9 Å². The lowest BCUT2D eigenvalue weighted by Gasteiger charge is -2.15. The van der Waals surface area contributed by atoms with E-state index in [1.165, 1.54) is 18.9 Å². The minimum Gasteiger partial charge on any atom is -0.476 e. The predicted molar refractivity (Wildman–Crippen MR) is 124 cm³/mol.